The van der Waals surface area contributed by atoms with Crippen LogP contribution in [0.5, 0.6) is 11.5 Å². The smallest absolute Gasteiger partial charge is 0.251 e. The van der Waals surface area contributed by atoms with Gasteiger partial charge in [-0.3, -0.25) is 4.79 Å². The first-order valence-electron chi connectivity index (χ1n) is 9.74. The maximum Gasteiger partial charge on any atom is 0.251 e. The fourth-order valence-corrected chi connectivity index (χ4v) is 2.68. The molecule has 0 fully saturated rings. The van der Waals surface area contributed by atoms with E-state index in [4.69, 9.17) is 9.47 Å². The van der Waals surface area contributed by atoms with Crippen LogP contribution >= 0.6 is 0 Å². The predicted octanol–water partition coefficient (Wildman–Crippen LogP) is 2.58. The van der Waals surface area contributed by atoms with Gasteiger partial charge in [-0.2, -0.15) is 0 Å². The van der Waals surface area contributed by atoms with Crippen LogP contribution in [0.15, 0.2) is 53.5 Å². The Balaban J connectivity index is 1.79. The first-order chi connectivity index (χ1) is 14.2. The molecule has 0 aliphatic carbocycles. The number of hydrogen-bond acceptors (Lipinski definition) is 4. The molecule has 2 rings (SSSR count). The van der Waals surface area contributed by atoms with Gasteiger partial charge >= 0.3 is 0 Å². The summed E-state index contributed by atoms with van der Waals surface area (Å²) in [5.74, 6) is 2.06. The van der Waals surface area contributed by atoms with Crippen molar-refractivity contribution in [1.29, 1.82) is 0 Å². The molecule has 0 spiro atoms. The second-order valence-corrected chi connectivity index (χ2v) is 6.29. The number of carbonyl (C=O) groups excluding carboxylic acids is 1. The number of amides is 1. The number of hydrogen-bond donors (Lipinski definition) is 3. The predicted molar refractivity (Wildman–Crippen MR) is 116 cm³/mol. The van der Waals surface area contributed by atoms with Gasteiger partial charge in [0.15, 0.2) is 17.5 Å². The van der Waals surface area contributed by atoms with Crippen molar-refractivity contribution in [3.63, 3.8) is 0 Å². The molecule has 0 saturated heterocycles. The number of guanidine groups is 1. The van der Waals surface area contributed by atoms with E-state index < -0.39 is 0 Å². The summed E-state index contributed by atoms with van der Waals surface area (Å²) in [4.78, 5) is 16.6. The summed E-state index contributed by atoms with van der Waals surface area (Å²) in [7, 11) is 3.23. The van der Waals surface area contributed by atoms with E-state index in [1.165, 1.54) is 0 Å². The van der Waals surface area contributed by atoms with Gasteiger partial charge in [-0.1, -0.05) is 24.3 Å². The second-order valence-electron chi connectivity index (χ2n) is 6.29. The van der Waals surface area contributed by atoms with E-state index in [2.05, 4.69) is 20.9 Å². The molecular formula is C22H30N4O3. The van der Waals surface area contributed by atoms with Gasteiger partial charge in [0.25, 0.3) is 5.91 Å². The standard InChI is InChI=1S/C22H30N4O3/c1-4-23-22(26-16-17-11-12-19(28-2)20(15-17)29-3)25-14-8-13-24-21(27)18-9-6-5-7-10-18/h5-7,9-12,15H,4,8,13-14,16H2,1-3H3,(H,24,27)(H2,23,25,26). The van der Waals surface area contributed by atoms with Crippen LogP contribution in [0.4, 0.5) is 0 Å². The molecule has 0 aliphatic rings. The Kier molecular flexibility index (Phi) is 9.35. The fourth-order valence-electron chi connectivity index (χ4n) is 2.68. The van der Waals surface area contributed by atoms with Crippen molar-refractivity contribution < 1.29 is 14.3 Å². The monoisotopic (exact) mass is 398 g/mol. The van der Waals surface area contributed by atoms with Crippen LogP contribution in [-0.2, 0) is 6.54 Å². The lowest BCUT2D eigenvalue weighted by molar-refractivity contribution is 0.0953. The molecule has 0 radical (unpaired) electrons. The third-order valence-electron chi connectivity index (χ3n) is 4.18. The molecular weight excluding hydrogens is 368 g/mol. The first-order valence-corrected chi connectivity index (χ1v) is 9.74. The molecule has 0 aromatic heterocycles. The van der Waals surface area contributed by atoms with Gasteiger partial charge in [0.2, 0.25) is 0 Å². The van der Waals surface area contributed by atoms with Gasteiger partial charge in [0, 0.05) is 25.2 Å². The molecule has 0 unspecified atom stereocenters. The van der Waals surface area contributed by atoms with E-state index in [0.717, 1.165) is 24.5 Å². The molecule has 2 aromatic rings. The van der Waals surface area contributed by atoms with Crippen molar-refractivity contribution in [1.82, 2.24) is 16.0 Å². The van der Waals surface area contributed by atoms with E-state index in [9.17, 15) is 4.79 Å². The molecule has 0 heterocycles. The van der Waals surface area contributed by atoms with Crippen molar-refractivity contribution in [3.05, 3.63) is 59.7 Å². The summed E-state index contributed by atoms with van der Waals surface area (Å²) in [6.45, 7) is 4.60. The van der Waals surface area contributed by atoms with E-state index in [0.29, 0.717) is 36.7 Å². The molecule has 0 atom stereocenters. The highest BCUT2D eigenvalue weighted by molar-refractivity contribution is 5.94. The molecule has 0 bridgehead atoms. The fraction of sp³-hybridized carbons (Fsp3) is 0.364. The number of ether oxygens (including phenoxy) is 2. The van der Waals surface area contributed by atoms with E-state index >= 15 is 0 Å². The zero-order valence-electron chi connectivity index (χ0n) is 17.3. The topological polar surface area (TPSA) is 84.0 Å². The van der Waals surface area contributed by atoms with Crippen LogP contribution in [0.2, 0.25) is 0 Å². The normalized spacial score (nSPS) is 10.9. The summed E-state index contributed by atoms with van der Waals surface area (Å²) in [6, 6.07) is 15.0. The van der Waals surface area contributed by atoms with Crippen LogP contribution in [0.1, 0.15) is 29.3 Å². The number of nitrogens with zero attached hydrogens (tertiary/aromatic N) is 1. The van der Waals surface area contributed by atoms with Gasteiger partial charge in [-0.25, -0.2) is 4.99 Å². The number of nitrogens with one attached hydrogen (secondary N) is 3. The first kappa shape index (κ1) is 22.1. The number of carbonyl (C=O) groups is 1. The van der Waals surface area contributed by atoms with Crippen LogP contribution in [0.3, 0.4) is 0 Å². The SMILES string of the molecule is CCNC(=NCc1ccc(OC)c(OC)c1)NCCCNC(=O)c1ccccc1. The van der Waals surface area contributed by atoms with E-state index in [1.807, 2.05) is 43.3 Å². The molecule has 7 nitrogen and oxygen atoms in total. The van der Waals surface area contributed by atoms with Gasteiger partial charge in [-0.05, 0) is 43.2 Å². The lowest BCUT2D eigenvalue weighted by Crippen LogP contribution is -2.38. The largest absolute Gasteiger partial charge is 0.493 e. The van der Waals surface area contributed by atoms with E-state index in [-0.39, 0.29) is 5.91 Å². The highest BCUT2D eigenvalue weighted by Gasteiger charge is 2.05. The van der Waals surface area contributed by atoms with Gasteiger partial charge < -0.3 is 25.4 Å². The molecule has 29 heavy (non-hydrogen) atoms. The van der Waals surface area contributed by atoms with E-state index in [1.54, 1.807) is 26.4 Å². The quantitative estimate of drug-likeness (QED) is 0.325. The average Bonchev–Trinajstić information content (AvgIpc) is 2.77. The summed E-state index contributed by atoms with van der Waals surface area (Å²) in [5.41, 5.74) is 1.69. The molecule has 1 amide bonds. The molecule has 2 aromatic carbocycles. The zero-order valence-corrected chi connectivity index (χ0v) is 17.3. The van der Waals surface area contributed by atoms with Gasteiger partial charge in [0.05, 0.1) is 20.8 Å². The number of methoxy groups -OCH3 is 2. The number of benzene rings is 2. The maximum absolute atomic E-state index is 12.0. The van der Waals surface area contributed by atoms with Crippen LogP contribution in [-0.4, -0.2) is 45.7 Å². The minimum atomic E-state index is -0.0559. The van der Waals surface area contributed by atoms with Crippen LogP contribution in [0, 0.1) is 0 Å². The van der Waals surface area contributed by atoms with Crippen LogP contribution < -0.4 is 25.4 Å². The molecule has 0 saturated carbocycles. The molecule has 7 heteroatoms. The Morgan fingerprint density at radius 2 is 1.66 bits per heavy atom. The maximum atomic E-state index is 12.0. The van der Waals surface area contributed by atoms with Crippen LogP contribution in [0.25, 0.3) is 0 Å². The third kappa shape index (κ3) is 7.37. The lowest BCUT2D eigenvalue weighted by Gasteiger charge is -2.12. The van der Waals surface area contributed by atoms with Crippen molar-refractivity contribution in [2.45, 2.75) is 19.9 Å². The highest BCUT2D eigenvalue weighted by Crippen LogP contribution is 2.27. The Morgan fingerprint density at radius 3 is 2.34 bits per heavy atom. The van der Waals surface area contributed by atoms with Crippen molar-refractivity contribution in [3.8, 4) is 11.5 Å². The van der Waals surface area contributed by atoms with Gasteiger partial charge in [0.1, 0.15) is 0 Å². The third-order valence-corrected chi connectivity index (χ3v) is 4.18. The summed E-state index contributed by atoms with van der Waals surface area (Å²) in [5, 5.41) is 9.43. The average molecular weight is 399 g/mol. The summed E-state index contributed by atoms with van der Waals surface area (Å²) in [6.07, 6.45) is 0.791. The minimum Gasteiger partial charge on any atom is -0.493 e. The number of rotatable bonds is 10. The number of aliphatic imine (C=N–C) groups is 1. The highest BCUT2D eigenvalue weighted by atomic mass is 16.5. The van der Waals surface area contributed by atoms with Crippen molar-refractivity contribution in [2.24, 2.45) is 4.99 Å². The zero-order chi connectivity index (χ0) is 20.9. The van der Waals surface area contributed by atoms with Gasteiger partial charge in [-0.15, -0.1) is 0 Å². The minimum absolute atomic E-state index is 0.0559. The lowest BCUT2D eigenvalue weighted by atomic mass is 10.2. The second kappa shape index (κ2) is 12.3. The summed E-state index contributed by atoms with van der Waals surface area (Å²) < 4.78 is 10.6. The van der Waals surface area contributed by atoms with Crippen molar-refractivity contribution >= 4 is 11.9 Å². The Bertz CT molecular complexity index is 794. The molecule has 156 valence electrons. The summed E-state index contributed by atoms with van der Waals surface area (Å²) >= 11 is 0. The Morgan fingerprint density at radius 1 is 0.931 bits per heavy atom. The Labute approximate surface area is 172 Å². The Hall–Kier alpha value is -3.22. The molecule has 0 aliphatic heterocycles. The molecule has 3 N–H and O–H groups in total. The van der Waals surface area contributed by atoms with Crippen molar-refractivity contribution in [2.75, 3.05) is 33.9 Å².